The third-order valence-corrected chi connectivity index (χ3v) is 5.19. The van der Waals surface area contributed by atoms with E-state index in [-0.39, 0.29) is 23.8 Å². The van der Waals surface area contributed by atoms with Crippen molar-refractivity contribution in [2.75, 3.05) is 40.5 Å². The molecule has 1 aromatic heterocycles. The highest BCUT2D eigenvalue weighted by Gasteiger charge is 2.39. The molecule has 2 aliphatic heterocycles. The molecule has 4 rings (SSSR count). The molecule has 0 spiro atoms. The molecule has 3 heterocycles. The standard InChI is InChI=1S/C19H22N4O4/c1-21-15-10-22(8-14(18(21)24)11-27-12-15)19(25)13-7-20-23(9-13)16-5-3-4-6-17(16)26-2/h3-7,9,14-15H,8,10-12H2,1-2H3/t14-,15+/m1/s1. The van der Waals surface area contributed by atoms with Crippen LogP contribution in [0.15, 0.2) is 36.7 Å². The van der Waals surface area contributed by atoms with Crippen molar-refractivity contribution in [1.29, 1.82) is 0 Å². The van der Waals surface area contributed by atoms with Gasteiger partial charge in [0.05, 0.1) is 44.0 Å². The van der Waals surface area contributed by atoms with Crippen LogP contribution in [0, 0.1) is 5.92 Å². The second-order valence-corrected chi connectivity index (χ2v) is 6.89. The lowest BCUT2D eigenvalue weighted by atomic mass is 10.1. The summed E-state index contributed by atoms with van der Waals surface area (Å²) in [6.45, 7) is 1.61. The van der Waals surface area contributed by atoms with Gasteiger partial charge in [0.1, 0.15) is 11.4 Å². The molecule has 0 unspecified atom stereocenters. The molecule has 0 saturated carbocycles. The minimum absolute atomic E-state index is 0.0394. The Kier molecular flexibility index (Phi) is 4.57. The van der Waals surface area contributed by atoms with Crippen molar-refractivity contribution in [2.24, 2.45) is 5.92 Å². The van der Waals surface area contributed by atoms with Gasteiger partial charge in [-0.1, -0.05) is 12.1 Å². The molecule has 2 saturated heterocycles. The van der Waals surface area contributed by atoms with Gasteiger partial charge < -0.3 is 19.3 Å². The van der Waals surface area contributed by atoms with Crippen LogP contribution in [0.2, 0.25) is 0 Å². The average Bonchev–Trinajstić information content (AvgIpc) is 3.08. The van der Waals surface area contributed by atoms with Gasteiger partial charge in [0.15, 0.2) is 0 Å². The van der Waals surface area contributed by atoms with Crippen molar-refractivity contribution in [3.8, 4) is 11.4 Å². The van der Waals surface area contributed by atoms with Gasteiger partial charge in [-0.05, 0) is 12.1 Å². The number of para-hydroxylation sites is 2. The fourth-order valence-corrected chi connectivity index (χ4v) is 3.63. The van der Waals surface area contributed by atoms with E-state index in [2.05, 4.69) is 5.10 Å². The molecule has 2 aromatic rings. The van der Waals surface area contributed by atoms with E-state index < -0.39 is 0 Å². The number of methoxy groups -OCH3 is 1. The Labute approximate surface area is 157 Å². The first-order chi connectivity index (χ1) is 13.1. The molecule has 2 amide bonds. The van der Waals surface area contributed by atoms with Crippen LogP contribution >= 0.6 is 0 Å². The first-order valence-corrected chi connectivity index (χ1v) is 8.90. The summed E-state index contributed by atoms with van der Waals surface area (Å²) in [7, 11) is 3.38. The summed E-state index contributed by atoms with van der Waals surface area (Å²) in [5.41, 5.74) is 1.24. The summed E-state index contributed by atoms with van der Waals surface area (Å²) in [5, 5.41) is 4.32. The van der Waals surface area contributed by atoms with Crippen LogP contribution < -0.4 is 4.74 Å². The summed E-state index contributed by atoms with van der Waals surface area (Å²) < 4.78 is 12.6. The van der Waals surface area contributed by atoms with Crippen LogP contribution in [0.3, 0.4) is 0 Å². The van der Waals surface area contributed by atoms with Crippen LogP contribution in [0.5, 0.6) is 5.75 Å². The van der Waals surface area contributed by atoms with Crippen molar-refractivity contribution >= 4 is 11.8 Å². The van der Waals surface area contributed by atoms with E-state index in [0.717, 1.165) is 5.69 Å². The average molecular weight is 370 g/mol. The van der Waals surface area contributed by atoms with Crippen molar-refractivity contribution < 1.29 is 19.1 Å². The molecule has 8 nitrogen and oxygen atoms in total. The number of rotatable bonds is 3. The maximum absolute atomic E-state index is 13.1. The zero-order chi connectivity index (χ0) is 19.0. The van der Waals surface area contributed by atoms with Crippen molar-refractivity contribution in [3.63, 3.8) is 0 Å². The lowest BCUT2D eigenvalue weighted by Gasteiger charge is -2.29. The molecule has 0 radical (unpaired) electrons. The largest absolute Gasteiger partial charge is 0.494 e. The third-order valence-electron chi connectivity index (χ3n) is 5.19. The molecule has 8 heteroatoms. The number of aromatic nitrogens is 2. The molecule has 1 aromatic carbocycles. The van der Waals surface area contributed by atoms with E-state index >= 15 is 0 Å². The highest BCUT2D eigenvalue weighted by molar-refractivity contribution is 5.94. The highest BCUT2D eigenvalue weighted by atomic mass is 16.5. The number of benzene rings is 1. The monoisotopic (exact) mass is 370 g/mol. The smallest absolute Gasteiger partial charge is 0.257 e. The summed E-state index contributed by atoms with van der Waals surface area (Å²) in [4.78, 5) is 29.0. The molecule has 2 fully saturated rings. The molecule has 27 heavy (non-hydrogen) atoms. The van der Waals surface area contributed by atoms with Gasteiger partial charge in [0.2, 0.25) is 5.91 Å². The van der Waals surface area contributed by atoms with Gasteiger partial charge in [-0.15, -0.1) is 0 Å². The number of amides is 2. The Balaban J connectivity index is 1.59. The third kappa shape index (κ3) is 3.16. The van der Waals surface area contributed by atoms with Gasteiger partial charge in [0, 0.05) is 26.3 Å². The number of fused-ring (bicyclic) bond motifs is 3. The lowest BCUT2D eigenvalue weighted by Crippen LogP contribution is -2.45. The molecule has 142 valence electrons. The number of carbonyl (C=O) groups is 2. The van der Waals surface area contributed by atoms with Crippen LogP contribution in [0.1, 0.15) is 10.4 Å². The maximum Gasteiger partial charge on any atom is 0.257 e. The number of ether oxygens (including phenoxy) is 2. The lowest BCUT2D eigenvalue weighted by molar-refractivity contribution is -0.133. The predicted molar refractivity (Wildman–Crippen MR) is 96.9 cm³/mol. The van der Waals surface area contributed by atoms with E-state index in [1.54, 1.807) is 41.0 Å². The zero-order valence-electron chi connectivity index (χ0n) is 15.4. The van der Waals surface area contributed by atoms with Gasteiger partial charge in [-0.25, -0.2) is 4.68 Å². The van der Waals surface area contributed by atoms with Crippen LogP contribution in [-0.2, 0) is 9.53 Å². The van der Waals surface area contributed by atoms with Gasteiger partial charge >= 0.3 is 0 Å². The number of likely N-dealkylation sites (N-methyl/N-ethyl adjacent to an activating group) is 1. The van der Waals surface area contributed by atoms with Gasteiger partial charge in [-0.2, -0.15) is 5.10 Å². The maximum atomic E-state index is 13.1. The van der Waals surface area contributed by atoms with Crippen molar-refractivity contribution in [2.45, 2.75) is 6.04 Å². The van der Waals surface area contributed by atoms with Gasteiger partial charge in [0.25, 0.3) is 5.91 Å². The first kappa shape index (κ1) is 17.5. The highest BCUT2D eigenvalue weighted by Crippen LogP contribution is 2.24. The van der Waals surface area contributed by atoms with Crippen LogP contribution in [0.25, 0.3) is 5.69 Å². The van der Waals surface area contributed by atoms with E-state index in [4.69, 9.17) is 9.47 Å². The fraction of sp³-hybridized carbons (Fsp3) is 0.421. The van der Waals surface area contributed by atoms with E-state index in [9.17, 15) is 9.59 Å². The molecule has 2 bridgehead atoms. The van der Waals surface area contributed by atoms with Crippen molar-refractivity contribution in [3.05, 3.63) is 42.2 Å². The first-order valence-electron chi connectivity index (χ1n) is 8.90. The molecular weight excluding hydrogens is 348 g/mol. The minimum atomic E-state index is -0.323. The van der Waals surface area contributed by atoms with E-state index in [0.29, 0.717) is 37.6 Å². The topological polar surface area (TPSA) is 76.9 Å². The van der Waals surface area contributed by atoms with E-state index in [1.165, 1.54) is 0 Å². The fourth-order valence-electron chi connectivity index (χ4n) is 3.63. The van der Waals surface area contributed by atoms with Crippen LogP contribution in [0.4, 0.5) is 0 Å². The SMILES string of the molecule is COc1ccccc1-n1cc(C(=O)N2C[C@@H]3COC[C@H](C2)N(C)C3=O)cn1. The number of hydrogen-bond acceptors (Lipinski definition) is 5. The Morgan fingerprint density at radius 2 is 2.07 bits per heavy atom. The summed E-state index contributed by atoms with van der Waals surface area (Å²) >= 11 is 0. The molecule has 2 aliphatic rings. The summed E-state index contributed by atoms with van der Waals surface area (Å²) in [5.74, 6) is 0.262. The van der Waals surface area contributed by atoms with Crippen LogP contribution in [-0.4, -0.2) is 77.9 Å². The molecule has 0 N–H and O–H groups in total. The predicted octanol–water partition coefficient (Wildman–Crippen LogP) is 0.810. The molecular formula is C19H22N4O4. The number of hydrogen-bond donors (Lipinski definition) is 0. The second-order valence-electron chi connectivity index (χ2n) is 6.89. The van der Waals surface area contributed by atoms with Gasteiger partial charge in [-0.3, -0.25) is 9.59 Å². The number of carbonyl (C=O) groups excluding carboxylic acids is 2. The normalized spacial score (nSPS) is 22.5. The Morgan fingerprint density at radius 1 is 1.26 bits per heavy atom. The Hall–Kier alpha value is -2.87. The molecule has 2 atom stereocenters. The molecule has 0 aliphatic carbocycles. The number of nitrogens with zero attached hydrogens (tertiary/aromatic N) is 4. The second kappa shape index (κ2) is 7.03. The Bertz CT molecular complexity index is 865. The minimum Gasteiger partial charge on any atom is -0.494 e. The van der Waals surface area contributed by atoms with Crippen molar-refractivity contribution in [1.82, 2.24) is 19.6 Å². The Morgan fingerprint density at radius 3 is 2.89 bits per heavy atom. The summed E-state index contributed by atoms with van der Waals surface area (Å²) in [6, 6.07) is 7.36. The van der Waals surface area contributed by atoms with E-state index in [1.807, 2.05) is 24.3 Å². The quantitative estimate of drug-likeness (QED) is 0.799. The summed E-state index contributed by atoms with van der Waals surface area (Å²) in [6.07, 6.45) is 3.25. The zero-order valence-corrected chi connectivity index (χ0v) is 15.4.